The zero-order valence-corrected chi connectivity index (χ0v) is 33.7. The van der Waals surface area contributed by atoms with Crippen molar-refractivity contribution in [2.45, 2.75) is 77.4 Å². The maximum absolute atomic E-state index is 14.3. The van der Waals surface area contributed by atoms with E-state index in [4.69, 9.17) is 26.5 Å². The van der Waals surface area contributed by atoms with Gasteiger partial charge in [-0.15, -0.1) is 11.8 Å². The van der Waals surface area contributed by atoms with Gasteiger partial charge in [-0.1, -0.05) is 25.4 Å². The van der Waals surface area contributed by atoms with Gasteiger partial charge in [0.15, 0.2) is 5.69 Å². The third-order valence-electron chi connectivity index (χ3n) is 7.78. The van der Waals surface area contributed by atoms with E-state index < -0.39 is 48.0 Å². The van der Waals surface area contributed by atoms with Crippen LogP contribution in [0.2, 0.25) is 5.02 Å². The highest BCUT2D eigenvalue weighted by Gasteiger charge is 2.30. The largest absolute Gasteiger partial charge is 0.480 e. The van der Waals surface area contributed by atoms with Crippen molar-refractivity contribution in [2.75, 3.05) is 31.0 Å². The minimum Gasteiger partial charge on any atom is -0.480 e. The Kier molecular flexibility index (Phi) is 18.6. The van der Waals surface area contributed by atoms with E-state index in [2.05, 4.69) is 20.4 Å². The number of nitro groups is 2. The fourth-order valence-electron chi connectivity index (χ4n) is 4.83. The van der Waals surface area contributed by atoms with E-state index >= 15 is 0 Å². The second-order valence-electron chi connectivity index (χ2n) is 11.7. The number of benzene rings is 2. The number of nitro benzene ring substituents is 2. The average molecular weight is 854 g/mol. The molecule has 2 heterocycles. The van der Waals surface area contributed by atoms with Crippen molar-refractivity contribution >= 4 is 77.0 Å². The normalized spacial score (nSPS) is 12.5. The first-order chi connectivity index (χ1) is 25.7. The number of fused-ring (bicyclic) bond motifs is 1. The minimum absolute atomic E-state index is 0.0109. The van der Waals surface area contributed by atoms with E-state index in [0.29, 0.717) is 33.9 Å². The molecule has 24 heteroatoms. The van der Waals surface area contributed by atoms with Crippen LogP contribution in [0.3, 0.4) is 0 Å². The van der Waals surface area contributed by atoms with Crippen molar-refractivity contribution in [3.8, 4) is 0 Å². The number of nitrogens with one attached hydrogen (secondary N) is 2. The van der Waals surface area contributed by atoms with Crippen LogP contribution in [0.25, 0.3) is 0 Å². The summed E-state index contributed by atoms with van der Waals surface area (Å²) >= 11 is 8.17. The van der Waals surface area contributed by atoms with Crippen LogP contribution in [-0.4, -0.2) is 77.8 Å². The molecular formula is C31H42ClFN7O12PS2. The van der Waals surface area contributed by atoms with Crippen LogP contribution >= 0.6 is 42.3 Å². The fraction of sp³-hybridized carbons (Fsp3) is 0.484. The summed E-state index contributed by atoms with van der Waals surface area (Å²) in [6, 6.07) is 3.99. The summed E-state index contributed by atoms with van der Waals surface area (Å²) < 4.78 is 32.3. The number of anilines is 1. The van der Waals surface area contributed by atoms with Crippen molar-refractivity contribution in [3.05, 3.63) is 74.9 Å². The highest BCUT2D eigenvalue weighted by Crippen LogP contribution is 2.40. The van der Waals surface area contributed by atoms with Gasteiger partial charge in [0.25, 0.3) is 5.69 Å². The average Bonchev–Trinajstić information content (AvgIpc) is 3.42. The number of aromatic nitrogens is 2. The second kappa shape index (κ2) is 21.8. The van der Waals surface area contributed by atoms with Gasteiger partial charge < -0.3 is 24.9 Å². The smallest absolute Gasteiger partial charge is 0.339 e. The molecule has 0 saturated carbocycles. The maximum atomic E-state index is 14.3. The highest BCUT2D eigenvalue weighted by molar-refractivity contribution is 8.00. The number of nitrogens with zero attached hydrogens (tertiary/aromatic N) is 5. The van der Waals surface area contributed by atoms with Crippen LogP contribution in [0, 0.1) is 39.9 Å². The Morgan fingerprint density at radius 3 is 2.27 bits per heavy atom. The van der Waals surface area contributed by atoms with Crippen molar-refractivity contribution in [1.82, 2.24) is 14.7 Å². The number of hydrogen-bond acceptors (Lipinski definition) is 14. The monoisotopic (exact) mass is 853 g/mol. The number of esters is 1. The molecule has 2 aromatic carbocycles. The molecular weight excluding hydrogens is 812 g/mol. The van der Waals surface area contributed by atoms with Crippen LogP contribution < -0.4 is 20.3 Å². The van der Waals surface area contributed by atoms with Gasteiger partial charge in [0, 0.05) is 35.7 Å². The van der Waals surface area contributed by atoms with Crippen LogP contribution in [0.1, 0.15) is 50.7 Å². The number of hydrogen-bond donors (Lipinski definition) is 5. The number of rotatable bonds is 14. The molecule has 5 N–H and O–H groups in total. The predicted octanol–water partition coefficient (Wildman–Crippen LogP) is 5.31. The molecule has 1 aromatic heterocycles. The summed E-state index contributed by atoms with van der Waals surface area (Å²) in [7, 11) is -2.80. The maximum Gasteiger partial charge on any atom is 0.339 e. The molecule has 0 radical (unpaired) electrons. The Hall–Kier alpha value is -4.18. The summed E-state index contributed by atoms with van der Waals surface area (Å²) in [5, 5.41) is 35.7. The molecule has 1 aliphatic heterocycles. The SMILES string of the molecule is CCC(CC)Nc1c([N+](=O)[O-])cc(C)c(C)c1[N+](=O)[O-].COC(=O)CSc1cc(N=c2sc(=O)n3n2CCCC3)c(F)cc1Cl.O=C(O)CNCP(=O)(O)O. The summed E-state index contributed by atoms with van der Waals surface area (Å²) in [5.74, 6) is -2.07. The van der Waals surface area contributed by atoms with Crippen molar-refractivity contribution < 1.29 is 48.0 Å². The van der Waals surface area contributed by atoms with Crippen LogP contribution in [-0.2, 0) is 32.0 Å². The van der Waals surface area contributed by atoms with Gasteiger partial charge in [0.1, 0.15) is 11.5 Å². The minimum atomic E-state index is -4.10. The number of carboxylic acids is 1. The fourth-order valence-corrected chi connectivity index (χ4v) is 7.22. The molecule has 304 valence electrons. The van der Waals surface area contributed by atoms with Gasteiger partial charge >= 0.3 is 30.1 Å². The van der Waals surface area contributed by atoms with Crippen LogP contribution in [0.5, 0.6) is 0 Å². The molecule has 0 saturated heterocycles. The predicted molar refractivity (Wildman–Crippen MR) is 205 cm³/mol. The molecule has 3 aromatic rings. The van der Waals surface area contributed by atoms with Gasteiger partial charge in [-0.3, -0.25) is 49.2 Å². The molecule has 0 atom stereocenters. The molecule has 0 aliphatic carbocycles. The number of carbonyl (C=O) groups is 2. The number of aryl methyl sites for hydroxylation is 1. The molecule has 0 amide bonds. The van der Waals surface area contributed by atoms with E-state index in [-0.39, 0.29) is 44.4 Å². The lowest BCUT2D eigenvalue weighted by Crippen LogP contribution is -2.31. The van der Waals surface area contributed by atoms with Gasteiger partial charge in [-0.25, -0.2) is 14.1 Å². The Morgan fingerprint density at radius 1 is 1.13 bits per heavy atom. The van der Waals surface area contributed by atoms with Crippen molar-refractivity contribution in [1.29, 1.82) is 0 Å². The lowest BCUT2D eigenvalue weighted by Gasteiger charge is -2.17. The van der Waals surface area contributed by atoms with Crippen molar-refractivity contribution in [2.24, 2.45) is 4.99 Å². The summed E-state index contributed by atoms with van der Waals surface area (Å²) in [5.41, 5.74) is 0.638. The molecule has 0 fully saturated rings. The van der Waals surface area contributed by atoms with E-state index in [1.54, 1.807) is 23.2 Å². The molecule has 55 heavy (non-hydrogen) atoms. The molecule has 19 nitrogen and oxygen atoms in total. The number of carbonyl (C=O) groups excluding carboxylic acids is 1. The third-order valence-corrected chi connectivity index (χ3v) is 10.7. The van der Waals surface area contributed by atoms with Crippen LogP contribution in [0.15, 0.2) is 32.9 Å². The lowest BCUT2D eigenvalue weighted by atomic mass is 10.0. The second-order valence-corrected chi connectivity index (χ2v) is 15.7. The number of ether oxygens (including phenoxy) is 1. The van der Waals surface area contributed by atoms with Crippen molar-refractivity contribution in [3.63, 3.8) is 0 Å². The molecule has 0 bridgehead atoms. The number of thioether (sulfide) groups is 1. The van der Waals surface area contributed by atoms with Gasteiger partial charge in [-0.05, 0) is 68.6 Å². The molecule has 0 spiro atoms. The van der Waals surface area contributed by atoms with E-state index in [0.717, 1.165) is 54.8 Å². The Morgan fingerprint density at radius 2 is 1.75 bits per heavy atom. The zero-order valence-electron chi connectivity index (χ0n) is 30.4. The summed E-state index contributed by atoms with van der Waals surface area (Å²) in [6.07, 6.45) is 2.77. The lowest BCUT2D eigenvalue weighted by molar-refractivity contribution is -0.392. The molecule has 1 aliphatic rings. The topological polar surface area (TPSA) is 271 Å². The highest BCUT2D eigenvalue weighted by atomic mass is 35.5. The number of halogens is 2. The van der Waals surface area contributed by atoms with Gasteiger partial charge in [-0.2, -0.15) is 0 Å². The Balaban J connectivity index is 0.000000312. The van der Waals surface area contributed by atoms with E-state index in [1.165, 1.54) is 19.2 Å². The Labute approximate surface area is 327 Å². The zero-order chi connectivity index (χ0) is 41.6. The number of carboxylic acid groups (broad SMARTS) is 1. The third kappa shape index (κ3) is 14.4. The number of aliphatic carboxylic acids is 1. The Bertz CT molecular complexity index is 2050. The van der Waals surface area contributed by atoms with Crippen LogP contribution in [0.4, 0.5) is 27.1 Å². The van der Waals surface area contributed by atoms with Gasteiger partial charge in [0.05, 0.1) is 40.6 Å². The summed E-state index contributed by atoms with van der Waals surface area (Å²) in [6.45, 7) is 7.99. The first-order valence-corrected chi connectivity index (χ1v) is 20.4. The molecule has 4 rings (SSSR count). The standard InChI is InChI=1S/C15H15ClFN3O3S2.C13H19N3O4.C3H8NO5P/c1-23-13(21)8-24-12-7-11(10(17)6-9(12)16)18-14-19-4-2-3-5-20(19)15(22)25-14;1-5-10(6-2)14-12-11(15(17)18)7-8(3)9(4)13(12)16(19)20;5-3(6)1-4-2-10(7,8)9/h6-7H,2-5,8H2,1H3;7,10,14H,5-6H2,1-4H3;4H,1-2H2,(H,5,6)(H2,7,8,9). The number of methoxy groups -OCH3 is 1. The van der Waals surface area contributed by atoms with Gasteiger partial charge in [0.2, 0.25) is 4.80 Å². The first kappa shape index (κ1) is 47.0. The quantitative estimate of drug-likeness (QED) is 0.0452. The summed E-state index contributed by atoms with van der Waals surface area (Å²) in [4.78, 5) is 75.9. The first-order valence-electron chi connectivity index (χ1n) is 16.4. The van der Waals surface area contributed by atoms with E-state index in [1.807, 2.05) is 13.8 Å². The van der Waals surface area contributed by atoms with E-state index in [9.17, 15) is 43.6 Å². The molecule has 0 unspecified atom stereocenters.